The van der Waals surface area contributed by atoms with Gasteiger partial charge in [0.25, 0.3) is 0 Å². The van der Waals surface area contributed by atoms with Crippen LogP contribution in [0.4, 0.5) is 5.82 Å². The number of hydrogen-bond donors (Lipinski definition) is 0. The van der Waals surface area contributed by atoms with Gasteiger partial charge in [0.2, 0.25) is 5.91 Å². The second-order valence-electron chi connectivity index (χ2n) is 8.52. The summed E-state index contributed by atoms with van der Waals surface area (Å²) in [6.07, 6.45) is 5.64. The zero-order chi connectivity index (χ0) is 20.7. The molecule has 2 fully saturated rings. The monoisotopic (exact) mass is 420 g/mol. The van der Waals surface area contributed by atoms with Crippen molar-refractivity contribution in [1.82, 2.24) is 14.9 Å². The normalized spacial score (nSPS) is 20.3. The fraction of sp³-hybridized carbons (Fsp3) is 0.458. The molecule has 6 heteroatoms. The number of carbonyl (C=O) groups is 1. The van der Waals surface area contributed by atoms with Gasteiger partial charge >= 0.3 is 0 Å². The summed E-state index contributed by atoms with van der Waals surface area (Å²) < 4.78 is 0. The van der Waals surface area contributed by atoms with Gasteiger partial charge in [0, 0.05) is 30.4 Å². The minimum atomic E-state index is 0.119. The first kappa shape index (κ1) is 19.5. The number of aryl methyl sites for hydroxylation is 2. The Morgan fingerprint density at radius 3 is 2.57 bits per heavy atom. The van der Waals surface area contributed by atoms with Crippen molar-refractivity contribution >= 4 is 33.3 Å². The zero-order valence-electron chi connectivity index (χ0n) is 17.7. The number of amides is 1. The van der Waals surface area contributed by atoms with Crippen LogP contribution in [0.3, 0.4) is 0 Å². The topological polar surface area (TPSA) is 49.3 Å². The van der Waals surface area contributed by atoms with Gasteiger partial charge in [0.15, 0.2) is 0 Å². The van der Waals surface area contributed by atoms with Crippen LogP contribution in [0.25, 0.3) is 10.2 Å². The van der Waals surface area contributed by atoms with Gasteiger partial charge in [0.1, 0.15) is 17.0 Å². The first-order valence-corrected chi connectivity index (χ1v) is 11.8. The van der Waals surface area contributed by atoms with Gasteiger partial charge in [-0.2, -0.15) is 0 Å². The van der Waals surface area contributed by atoms with Gasteiger partial charge in [-0.25, -0.2) is 9.97 Å². The number of fused-ring (bicyclic) bond motifs is 1. The molecule has 5 rings (SSSR count). The van der Waals surface area contributed by atoms with E-state index in [1.165, 1.54) is 21.4 Å². The third-order valence-corrected chi connectivity index (χ3v) is 7.92. The van der Waals surface area contributed by atoms with Crippen LogP contribution in [0.15, 0.2) is 36.7 Å². The highest BCUT2D eigenvalue weighted by Gasteiger charge is 2.35. The number of nitrogens with zero attached hydrogens (tertiary/aromatic N) is 4. The standard InChI is InChI=1S/C24H28N4OS/c1-16-17(2)30-23-21(16)22(25-15-26-23)27-13-10-19(11-14-27)24(29)28-12-6-9-20(28)18-7-4-3-5-8-18/h3-5,7-8,15,19-20H,6,9-14H2,1-2H3. The second kappa shape index (κ2) is 7.99. The molecule has 1 amide bonds. The van der Waals surface area contributed by atoms with Crippen molar-refractivity contribution in [2.24, 2.45) is 5.92 Å². The molecule has 0 saturated carbocycles. The summed E-state index contributed by atoms with van der Waals surface area (Å²) in [5.41, 5.74) is 2.55. The highest BCUT2D eigenvalue weighted by molar-refractivity contribution is 7.18. The number of aromatic nitrogens is 2. The molecular formula is C24H28N4OS. The highest BCUT2D eigenvalue weighted by Crippen LogP contribution is 2.37. The van der Waals surface area contributed by atoms with Crippen molar-refractivity contribution in [3.8, 4) is 0 Å². The van der Waals surface area contributed by atoms with E-state index >= 15 is 0 Å². The number of rotatable bonds is 3. The fourth-order valence-corrected chi connectivity index (χ4v) is 6.02. The van der Waals surface area contributed by atoms with E-state index in [1.807, 2.05) is 6.07 Å². The first-order chi connectivity index (χ1) is 14.6. The maximum Gasteiger partial charge on any atom is 0.226 e. The Kier molecular flexibility index (Phi) is 5.19. The quantitative estimate of drug-likeness (QED) is 0.605. The van der Waals surface area contributed by atoms with Gasteiger partial charge in [0.05, 0.1) is 11.4 Å². The SMILES string of the molecule is Cc1sc2ncnc(N3CCC(C(=O)N4CCCC4c4ccccc4)CC3)c2c1C. The number of thiophene rings is 1. The Morgan fingerprint density at radius 2 is 1.80 bits per heavy atom. The molecule has 0 radical (unpaired) electrons. The van der Waals surface area contributed by atoms with Crippen molar-refractivity contribution < 1.29 is 4.79 Å². The average Bonchev–Trinajstić information content (AvgIpc) is 3.39. The maximum absolute atomic E-state index is 13.4. The van der Waals surface area contributed by atoms with E-state index in [2.05, 4.69) is 57.9 Å². The minimum absolute atomic E-state index is 0.119. The number of anilines is 1. The zero-order valence-corrected chi connectivity index (χ0v) is 18.5. The number of piperidine rings is 1. The van der Waals surface area contributed by atoms with Crippen LogP contribution in [0.5, 0.6) is 0 Å². The molecule has 2 aliphatic rings. The maximum atomic E-state index is 13.4. The van der Waals surface area contributed by atoms with Crippen molar-refractivity contribution in [2.45, 2.75) is 45.6 Å². The predicted molar refractivity (Wildman–Crippen MR) is 122 cm³/mol. The molecular weight excluding hydrogens is 392 g/mol. The molecule has 0 bridgehead atoms. The molecule has 4 heterocycles. The van der Waals surface area contributed by atoms with Crippen molar-refractivity contribution in [2.75, 3.05) is 24.5 Å². The minimum Gasteiger partial charge on any atom is -0.356 e. The van der Waals surface area contributed by atoms with E-state index in [1.54, 1.807) is 17.7 Å². The molecule has 1 aromatic carbocycles. The molecule has 2 aliphatic heterocycles. The lowest BCUT2D eigenvalue weighted by atomic mass is 9.94. The Bertz CT molecular complexity index is 1060. The van der Waals surface area contributed by atoms with E-state index in [4.69, 9.17) is 0 Å². The molecule has 1 unspecified atom stereocenters. The largest absolute Gasteiger partial charge is 0.356 e. The molecule has 3 aromatic rings. The van der Waals surface area contributed by atoms with Crippen LogP contribution in [0.1, 0.15) is 47.7 Å². The molecule has 0 N–H and O–H groups in total. The van der Waals surface area contributed by atoms with Crippen molar-refractivity contribution in [3.63, 3.8) is 0 Å². The summed E-state index contributed by atoms with van der Waals surface area (Å²) in [4.78, 5) is 29.3. The van der Waals surface area contributed by atoms with Gasteiger partial charge in [-0.15, -0.1) is 11.3 Å². The fourth-order valence-electron chi connectivity index (χ4n) is 5.03. The van der Waals surface area contributed by atoms with E-state index in [0.717, 1.165) is 56.0 Å². The lowest BCUT2D eigenvalue weighted by Gasteiger charge is -2.35. The molecule has 0 aliphatic carbocycles. The van der Waals surface area contributed by atoms with Crippen LogP contribution >= 0.6 is 11.3 Å². The summed E-state index contributed by atoms with van der Waals surface area (Å²) in [5, 5.41) is 1.19. The van der Waals surface area contributed by atoms with Gasteiger partial charge in [-0.3, -0.25) is 4.79 Å². The molecule has 0 spiro atoms. The predicted octanol–water partition coefficient (Wildman–Crippen LogP) is 4.89. The summed E-state index contributed by atoms with van der Waals surface area (Å²) in [7, 11) is 0. The highest BCUT2D eigenvalue weighted by atomic mass is 32.1. The Balaban J connectivity index is 1.30. The molecule has 156 valence electrons. The summed E-state index contributed by atoms with van der Waals surface area (Å²) in [5.74, 6) is 1.50. The van der Waals surface area contributed by atoms with Crippen LogP contribution in [-0.4, -0.2) is 40.4 Å². The van der Waals surface area contributed by atoms with Crippen LogP contribution in [0, 0.1) is 19.8 Å². The van der Waals surface area contributed by atoms with E-state index in [9.17, 15) is 4.79 Å². The van der Waals surface area contributed by atoms with Gasteiger partial charge in [-0.1, -0.05) is 30.3 Å². The van der Waals surface area contributed by atoms with Crippen LogP contribution in [-0.2, 0) is 4.79 Å². The number of hydrogen-bond acceptors (Lipinski definition) is 5. The lowest BCUT2D eigenvalue weighted by molar-refractivity contribution is -0.137. The van der Waals surface area contributed by atoms with Gasteiger partial charge < -0.3 is 9.80 Å². The number of carbonyl (C=O) groups excluding carboxylic acids is 1. The molecule has 1 atom stereocenters. The molecule has 2 aromatic heterocycles. The number of likely N-dealkylation sites (tertiary alicyclic amines) is 1. The number of benzene rings is 1. The average molecular weight is 421 g/mol. The van der Waals surface area contributed by atoms with Crippen molar-refractivity contribution in [3.05, 3.63) is 52.7 Å². The molecule has 2 saturated heterocycles. The van der Waals surface area contributed by atoms with Crippen molar-refractivity contribution in [1.29, 1.82) is 0 Å². The second-order valence-corrected chi connectivity index (χ2v) is 9.73. The Hall–Kier alpha value is -2.47. The van der Waals surface area contributed by atoms with E-state index < -0.39 is 0 Å². The van der Waals surface area contributed by atoms with E-state index in [-0.39, 0.29) is 12.0 Å². The van der Waals surface area contributed by atoms with Crippen LogP contribution < -0.4 is 4.90 Å². The molecule has 30 heavy (non-hydrogen) atoms. The third kappa shape index (κ3) is 3.37. The molecule has 5 nitrogen and oxygen atoms in total. The Morgan fingerprint density at radius 1 is 1.03 bits per heavy atom. The van der Waals surface area contributed by atoms with E-state index in [0.29, 0.717) is 5.91 Å². The first-order valence-electron chi connectivity index (χ1n) is 10.9. The van der Waals surface area contributed by atoms with Gasteiger partial charge in [-0.05, 0) is 50.7 Å². The Labute approximate surface area is 181 Å². The summed E-state index contributed by atoms with van der Waals surface area (Å²) in [6, 6.07) is 10.8. The van der Waals surface area contributed by atoms with Crippen LogP contribution in [0.2, 0.25) is 0 Å². The smallest absolute Gasteiger partial charge is 0.226 e. The summed E-state index contributed by atoms with van der Waals surface area (Å²) in [6.45, 7) is 6.95. The summed E-state index contributed by atoms with van der Waals surface area (Å²) >= 11 is 1.74. The third-order valence-electron chi connectivity index (χ3n) is 6.81. The lowest BCUT2D eigenvalue weighted by Crippen LogP contribution is -2.42.